The Balaban J connectivity index is 0.000000232. The van der Waals surface area contributed by atoms with Crippen LogP contribution in [0.5, 0.6) is 11.5 Å². The summed E-state index contributed by atoms with van der Waals surface area (Å²) >= 11 is 0. The van der Waals surface area contributed by atoms with Gasteiger partial charge in [-0.2, -0.15) is 0 Å². The Labute approximate surface area is 320 Å². The second-order valence-electron chi connectivity index (χ2n) is 17.1. The molecule has 6 rings (SSSR count). The molecule has 0 spiro atoms. The summed E-state index contributed by atoms with van der Waals surface area (Å²) in [6.45, 7) is 28.6. The van der Waals surface area contributed by atoms with Crippen molar-refractivity contribution in [2.75, 3.05) is 0 Å². The third-order valence-corrected chi connectivity index (χ3v) is 8.27. The molecule has 0 unspecified atom stereocenters. The quantitative estimate of drug-likeness (QED) is 0.167. The molecule has 0 aliphatic carbocycles. The molecule has 0 aliphatic heterocycles. The van der Waals surface area contributed by atoms with E-state index in [0.717, 1.165) is 22.5 Å². The van der Waals surface area contributed by atoms with Gasteiger partial charge < -0.3 is 30.4 Å². The standard InChI is InChI=1S/2C19H25N6O.Co/c2*1-11-20-17-15(16(19(5,6)7)24-25(17)23-11)22-21-13-10-12(18(2,3)4)8-9-14(13)26;/h2*8-10H,1-7H3,(H-,20,21,22,23,24,26);/q2*-1;+2. The minimum absolute atomic E-state index is 0. The van der Waals surface area contributed by atoms with Gasteiger partial charge in [-0.25, -0.2) is 10.2 Å². The third kappa shape index (κ3) is 9.02. The first-order valence-electron chi connectivity index (χ1n) is 17.3. The van der Waals surface area contributed by atoms with Crippen molar-refractivity contribution in [3.63, 3.8) is 0 Å². The van der Waals surface area contributed by atoms with Gasteiger partial charge in [-0.15, -0.1) is 20.5 Å². The van der Waals surface area contributed by atoms with Crippen molar-refractivity contribution >= 4 is 34.0 Å². The van der Waals surface area contributed by atoms with E-state index in [1.54, 1.807) is 12.1 Å². The minimum Gasteiger partial charge on any atom is -0.506 e. The molecule has 14 nitrogen and oxygen atoms in total. The topological polar surface area (TPSA) is 178 Å². The molecule has 15 heteroatoms. The molecule has 0 saturated carbocycles. The molecule has 0 amide bonds. The first-order valence-corrected chi connectivity index (χ1v) is 17.3. The smallest absolute Gasteiger partial charge is 0.506 e. The molecule has 6 aromatic rings. The number of hydrogen-bond donors (Lipinski definition) is 2. The van der Waals surface area contributed by atoms with Crippen LogP contribution >= 0.6 is 0 Å². The molecule has 2 aromatic carbocycles. The summed E-state index contributed by atoms with van der Waals surface area (Å²) < 4.78 is 2.99. The molecule has 0 aliphatic rings. The average Bonchev–Trinajstić information content (AvgIpc) is 3.74. The number of aromatic nitrogens is 8. The maximum Gasteiger partial charge on any atom is 2.00 e. The van der Waals surface area contributed by atoms with E-state index in [1.807, 2.05) is 38.1 Å². The predicted molar refractivity (Wildman–Crippen MR) is 201 cm³/mol. The van der Waals surface area contributed by atoms with Gasteiger partial charge in [0.2, 0.25) is 0 Å². The van der Waals surface area contributed by atoms with Gasteiger partial charge in [-0.3, -0.25) is 9.26 Å². The number of hydrogen-bond acceptors (Lipinski definition) is 10. The van der Waals surface area contributed by atoms with Crippen LogP contribution < -0.4 is 9.97 Å². The maximum atomic E-state index is 10.2. The summed E-state index contributed by atoms with van der Waals surface area (Å²) in [4.78, 5) is 8.82. The van der Waals surface area contributed by atoms with Gasteiger partial charge in [0.15, 0.2) is 0 Å². The summed E-state index contributed by atoms with van der Waals surface area (Å²) in [6.07, 6.45) is 0. The van der Waals surface area contributed by atoms with Crippen molar-refractivity contribution in [3.8, 4) is 11.5 Å². The van der Waals surface area contributed by atoms with E-state index in [0.29, 0.717) is 45.7 Å². The molecule has 53 heavy (non-hydrogen) atoms. The SMILES string of the molecule is Cc1nn2nc(C(C)(C)C)c(N=Nc3cc(C(C)(C)C)ccc3O)c2[n-]1.Cc1nn2nc(C(C)(C)C)c(N=Nc3cc(C(C)(C)C)ccc3O)c2[n-]1.[Co+2]. The zero-order valence-electron chi connectivity index (χ0n) is 33.1. The van der Waals surface area contributed by atoms with Crippen LogP contribution in [0, 0.1) is 13.8 Å². The fourth-order valence-corrected chi connectivity index (χ4v) is 5.28. The van der Waals surface area contributed by atoms with Crippen LogP contribution in [0.1, 0.15) is 117 Å². The summed E-state index contributed by atoms with van der Waals surface area (Å²) in [5.41, 5.74) is 6.27. The summed E-state index contributed by atoms with van der Waals surface area (Å²) in [7, 11) is 0. The van der Waals surface area contributed by atoms with E-state index >= 15 is 0 Å². The van der Waals surface area contributed by atoms with Gasteiger partial charge in [0.05, 0.1) is 22.7 Å². The largest absolute Gasteiger partial charge is 2.00 e. The molecular formula is C38H50CoN12O2. The summed E-state index contributed by atoms with van der Waals surface area (Å²) in [5.74, 6) is 1.43. The van der Waals surface area contributed by atoms with E-state index in [1.165, 1.54) is 9.26 Å². The van der Waals surface area contributed by atoms with Crippen molar-refractivity contribution in [2.45, 2.75) is 119 Å². The Hall–Kier alpha value is -4.89. The van der Waals surface area contributed by atoms with Gasteiger partial charge >= 0.3 is 16.8 Å². The van der Waals surface area contributed by atoms with Crippen molar-refractivity contribution in [3.05, 3.63) is 70.6 Å². The van der Waals surface area contributed by atoms with E-state index in [-0.39, 0.29) is 49.9 Å². The van der Waals surface area contributed by atoms with E-state index in [9.17, 15) is 10.2 Å². The third-order valence-electron chi connectivity index (χ3n) is 8.27. The second kappa shape index (κ2) is 14.5. The fourth-order valence-electron chi connectivity index (χ4n) is 5.28. The number of fused-ring (bicyclic) bond motifs is 2. The zero-order valence-corrected chi connectivity index (χ0v) is 34.1. The molecule has 0 fully saturated rings. The first-order chi connectivity index (χ1) is 23.9. The van der Waals surface area contributed by atoms with Crippen LogP contribution in [-0.2, 0) is 38.4 Å². The Kier molecular flexibility index (Phi) is 11.2. The van der Waals surface area contributed by atoms with Crippen LogP contribution in [-0.4, -0.2) is 39.9 Å². The van der Waals surface area contributed by atoms with E-state index < -0.39 is 0 Å². The number of benzene rings is 2. The molecule has 0 saturated heterocycles. The summed E-state index contributed by atoms with van der Waals surface area (Å²) in [5, 5.41) is 55.4. The zero-order chi connectivity index (χ0) is 38.6. The van der Waals surface area contributed by atoms with Crippen LogP contribution in [0.15, 0.2) is 56.9 Å². The maximum absolute atomic E-state index is 10.2. The molecule has 4 heterocycles. The Morgan fingerprint density at radius 1 is 0.509 bits per heavy atom. The first kappa shape index (κ1) is 40.9. The molecule has 2 N–H and O–H groups in total. The van der Waals surface area contributed by atoms with Crippen molar-refractivity contribution in [2.24, 2.45) is 20.5 Å². The predicted octanol–water partition coefficient (Wildman–Crippen LogP) is 9.42. The van der Waals surface area contributed by atoms with Crippen molar-refractivity contribution in [1.29, 1.82) is 0 Å². The van der Waals surface area contributed by atoms with Gasteiger partial charge in [-0.05, 0) is 71.7 Å². The molecule has 0 atom stereocenters. The van der Waals surface area contributed by atoms with E-state index in [2.05, 4.69) is 134 Å². The number of azo groups is 2. The normalized spacial score (nSPS) is 12.9. The van der Waals surface area contributed by atoms with Crippen LogP contribution in [0.4, 0.5) is 22.7 Å². The Morgan fingerprint density at radius 2 is 0.849 bits per heavy atom. The van der Waals surface area contributed by atoms with Crippen LogP contribution in [0.3, 0.4) is 0 Å². The fraction of sp³-hybridized carbons (Fsp3) is 0.474. The number of phenolic OH excluding ortho intramolecular Hbond substituents is 2. The van der Waals surface area contributed by atoms with Crippen LogP contribution in [0.25, 0.3) is 11.3 Å². The van der Waals surface area contributed by atoms with Gasteiger partial charge in [0.25, 0.3) is 0 Å². The number of aryl methyl sites for hydroxylation is 2. The molecule has 1 radical (unpaired) electrons. The van der Waals surface area contributed by atoms with Gasteiger partial charge in [0, 0.05) is 10.8 Å². The Bertz CT molecular complexity index is 2130. The van der Waals surface area contributed by atoms with Crippen LogP contribution in [0.2, 0.25) is 0 Å². The molecule has 283 valence electrons. The van der Waals surface area contributed by atoms with Gasteiger partial charge in [0.1, 0.15) is 34.2 Å². The second-order valence-corrected chi connectivity index (χ2v) is 17.1. The van der Waals surface area contributed by atoms with Crippen molar-refractivity contribution < 1.29 is 27.0 Å². The van der Waals surface area contributed by atoms with Gasteiger partial charge in [-0.1, -0.05) is 95.2 Å². The molecule has 0 bridgehead atoms. The average molecular weight is 766 g/mol. The summed E-state index contributed by atoms with van der Waals surface area (Å²) in [6, 6.07) is 10.8. The number of nitrogens with zero attached hydrogens (tertiary/aromatic N) is 12. The number of aromatic hydroxyl groups is 2. The van der Waals surface area contributed by atoms with E-state index in [4.69, 9.17) is 0 Å². The monoisotopic (exact) mass is 765 g/mol. The minimum atomic E-state index is -0.236. The van der Waals surface area contributed by atoms with Crippen molar-refractivity contribution in [1.82, 2.24) is 39.6 Å². The number of rotatable bonds is 4. The number of phenols is 2. The Morgan fingerprint density at radius 3 is 1.15 bits per heavy atom. The molecule has 4 aromatic heterocycles. The molecular weight excluding hydrogens is 715 g/mol.